The lowest BCUT2D eigenvalue weighted by Gasteiger charge is -2.23. The van der Waals surface area contributed by atoms with E-state index in [1.807, 2.05) is 30.0 Å². The molecule has 0 radical (unpaired) electrons. The number of nitrogens with zero attached hydrogens (tertiary/aromatic N) is 3. The van der Waals surface area contributed by atoms with Gasteiger partial charge in [-0.15, -0.1) is 0 Å². The molecule has 29 heavy (non-hydrogen) atoms. The Labute approximate surface area is 169 Å². The maximum Gasteiger partial charge on any atom is 0.406 e. The zero-order valence-electron chi connectivity index (χ0n) is 17.5. The summed E-state index contributed by atoms with van der Waals surface area (Å²) in [6.45, 7) is 1.35. The number of carbonyl (C=O) groups excluding carboxylic acids is 1. The number of hydrogen-bond acceptors (Lipinski definition) is 4. The van der Waals surface area contributed by atoms with Gasteiger partial charge >= 0.3 is 6.18 Å². The first kappa shape index (κ1) is 24.4. The SMILES string of the molecule is CCNC(=NCC(=O)N(C)CC(F)(F)F)N(C)CCc1ccc(OC)c(OC)c1. The number of carbonyl (C=O) groups is 1. The Hall–Kier alpha value is -2.65. The van der Waals surface area contributed by atoms with Gasteiger partial charge in [0.05, 0.1) is 14.2 Å². The number of ether oxygens (including phenoxy) is 2. The summed E-state index contributed by atoms with van der Waals surface area (Å²) in [5.41, 5.74) is 1.02. The lowest BCUT2D eigenvalue weighted by molar-refractivity contribution is -0.157. The van der Waals surface area contributed by atoms with Gasteiger partial charge in [0.2, 0.25) is 5.91 Å². The number of amides is 1. The molecule has 0 saturated carbocycles. The Morgan fingerprint density at radius 1 is 1.14 bits per heavy atom. The quantitative estimate of drug-likeness (QED) is 0.492. The van der Waals surface area contributed by atoms with Gasteiger partial charge in [-0.3, -0.25) is 4.79 Å². The summed E-state index contributed by atoms with van der Waals surface area (Å²) in [6.07, 6.45) is -3.77. The minimum absolute atomic E-state index is 0.365. The van der Waals surface area contributed by atoms with Crippen molar-refractivity contribution in [3.05, 3.63) is 23.8 Å². The van der Waals surface area contributed by atoms with Gasteiger partial charge in [-0.05, 0) is 31.0 Å². The van der Waals surface area contributed by atoms with Crippen LogP contribution in [0.4, 0.5) is 13.2 Å². The Kier molecular flexibility index (Phi) is 9.57. The fraction of sp³-hybridized carbons (Fsp3) is 0.579. The molecule has 0 aromatic heterocycles. The zero-order chi connectivity index (χ0) is 22.0. The van der Waals surface area contributed by atoms with E-state index >= 15 is 0 Å². The highest BCUT2D eigenvalue weighted by Crippen LogP contribution is 2.27. The van der Waals surface area contributed by atoms with E-state index in [9.17, 15) is 18.0 Å². The number of methoxy groups -OCH3 is 2. The molecule has 0 fully saturated rings. The van der Waals surface area contributed by atoms with Crippen LogP contribution in [-0.4, -0.2) is 82.3 Å². The first-order valence-electron chi connectivity index (χ1n) is 9.12. The molecule has 0 aliphatic rings. The molecule has 164 valence electrons. The Morgan fingerprint density at radius 3 is 2.34 bits per heavy atom. The fourth-order valence-electron chi connectivity index (χ4n) is 2.53. The second-order valence-electron chi connectivity index (χ2n) is 6.40. The molecule has 0 spiro atoms. The predicted octanol–water partition coefficient (Wildman–Crippen LogP) is 2.16. The Bertz CT molecular complexity index is 696. The van der Waals surface area contributed by atoms with Crippen molar-refractivity contribution in [1.29, 1.82) is 0 Å². The average Bonchev–Trinajstić information content (AvgIpc) is 2.67. The molecule has 1 amide bonds. The molecular formula is C19H29F3N4O3. The molecule has 1 aromatic carbocycles. The van der Waals surface area contributed by atoms with Crippen LogP contribution in [0.3, 0.4) is 0 Å². The summed E-state index contributed by atoms with van der Waals surface area (Å²) in [5, 5.41) is 3.04. The van der Waals surface area contributed by atoms with Crippen LogP contribution in [0.5, 0.6) is 11.5 Å². The van der Waals surface area contributed by atoms with Crippen LogP contribution in [-0.2, 0) is 11.2 Å². The number of guanidine groups is 1. The largest absolute Gasteiger partial charge is 0.493 e. The lowest BCUT2D eigenvalue weighted by Crippen LogP contribution is -2.41. The van der Waals surface area contributed by atoms with Gasteiger partial charge in [-0.25, -0.2) is 4.99 Å². The van der Waals surface area contributed by atoms with E-state index in [-0.39, 0.29) is 6.54 Å². The molecule has 0 heterocycles. The highest BCUT2D eigenvalue weighted by atomic mass is 19.4. The van der Waals surface area contributed by atoms with Crippen LogP contribution in [0.2, 0.25) is 0 Å². The number of hydrogen-bond donors (Lipinski definition) is 1. The molecule has 0 aliphatic carbocycles. The van der Waals surface area contributed by atoms with E-state index in [1.165, 1.54) is 0 Å². The monoisotopic (exact) mass is 418 g/mol. The van der Waals surface area contributed by atoms with E-state index in [0.717, 1.165) is 12.6 Å². The molecule has 1 aromatic rings. The minimum Gasteiger partial charge on any atom is -0.493 e. The van der Waals surface area contributed by atoms with Crippen molar-refractivity contribution in [2.75, 3.05) is 54.5 Å². The Morgan fingerprint density at radius 2 is 1.79 bits per heavy atom. The number of aliphatic imine (C=N–C) groups is 1. The lowest BCUT2D eigenvalue weighted by atomic mass is 10.1. The third kappa shape index (κ3) is 8.49. The molecule has 1 rings (SSSR count). The van der Waals surface area contributed by atoms with E-state index < -0.39 is 18.6 Å². The summed E-state index contributed by atoms with van der Waals surface area (Å²) >= 11 is 0. The van der Waals surface area contributed by atoms with Crippen molar-refractivity contribution in [2.24, 2.45) is 4.99 Å². The molecular weight excluding hydrogens is 389 g/mol. The zero-order valence-corrected chi connectivity index (χ0v) is 17.5. The van der Waals surface area contributed by atoms with E-state index in [2.05, 4.69) is 10.3 Å². The van der Waals surface area contributed by atoms with Gasteiger partial charge in [0.1, 0.15) is 13.1 Å². The van der Waals surface area contributed by atoms with E-state index in [0.29, 0.717) is 41.9 Å². The van der Waals surface area contributed by atoms with Crippen molar-refractivity contribution < 1.29 is 27.4 Å². The molecule has 0 atom stereocenters. The molecule has 0 aliphatic heterocycles. The molecule has 1 N–H and O–H groups in total. The van der Waals surface area contributed by atoms with Crippen molar-refractivity contribution in [1.82, 2.24) is 15.1 Å². The maximum atomic E-state index is 12.4. The summed E-state index contributed by atoms with van der Waals surface area (Å²) in [6, 6.07) is 5.63. The van der Waals surface area contributed by atoms with Gasteiger partial charge in [0, 0.05) is 27.2 Å². The Balaban J connectivity index is 2.73. The first-order chi connectivity index (χ1) is 13.6. The number of rotatable bonds is 9. The molecule has 0 saturated heterocycles. The van der Waals surface area contributed by atoms with Gasteiger partial charge in [-0.2, -0.15) is 13.2 Å². The third-order valence-electron chi connectivity index (χ3n) is 4.09. The van der Waals surface area contributed by atoms with Gasteiger partial charge in [0.25, 0.3) is 0 Å². The molecule has 0 bridgehead atoms. The van der Waals surface area contributed by atoms with Gasteiger partial charge in [0.15, 0.2) is 17.5 Å². The minimum atomic E-state index is -4.44. The number of halogens is 3. The number of benzene rings is 1. The molecule has 7 nitrogen and oxygen atoms in total. The van der Waals surface area contributed by atoms with Gasteiger partial charge < -0.3 is 24.6 Å². The second-order valence-corrected chi connectivity index (χ2v) is 6.40. The van der Waals surface area contributed by atoms with Crippen LogP contribution in [0.1, 0.15) is 12.5 Å². The van der Waals surface area contributed by atoms with Crippen molar-refractivity contribution in [2.45, 2.75) is 19.5 Å². The third-order valence-corrected chi connectivity index (χ3v) is 4.09. The van der Waals surface area contributed by atoms with E-state index in [4.69, 9.17) is 9.47 Å². The van der Waals surface area contributed by atoms with Crippen LogP contribution >= 0.6 is 0 Å². The second kappa shape index (κ2) is 11.4. The highest BCUT2D eigenvalue weighted by molar-refractivity contribution is 5.84. The van der Waals surface area contributed by atoms with Crippen molar-refractivity contribution in [3.63, 3.8) is 0 Å². The van der Waals surface area contributed by atoms with Crippen LogP contribution in [0.25, 0.3) is 0 Å². The highest BCUT2D eigenvalue weighted by Gasteiger charge is 2.31. The summed E-state index contributed by atoms with van der Waals surface area (Å²) in [4.78, 5) is 18.5. The molecule has 0 unspecified atom stereocenters. The normalized spacial score (nSPS) is 11.8. The summed E-state index contributed by atoms with van der Waals surface area (Å²) < 4.78 is 47.7. The van der Waals surface area contributed by atoms with Crippen molar-refractivity contribution in [3.8, 4) is 11.5 Å². The fourth-order valence-corrected chi connectivity index (χ4v) is 2.53. The summed E-state index contributed by atoms with van der Waals surface area (Å²) in [5.74, 6) is 1.01. The number of alkyl halides is 3. The topological polar surface area (TPSA) is 66.4 Å². The van der Waals surface area contributed by atoms with Gasteiger partial charge in [-0.1, -0.05) is 6.07 Å². The first-order valence-corrected chi connectivity index (χ1v) is 9.12. The van der Waals surface area contributed by atoms with Crippen LogP contribution < -0.4 is 14.8 Å². The van der Waals surface area contributed by atoms with Crippen LogP contribution in [0.15, 0.2) is 23.2 Å². The van der Waals surface area contributed by atoms with Crippen molar-refractivity contribution >= 4 is 11.9 Å². The number of likely N-dealkylation sites (N-methyl/N-ethyl adjacent to an activating group) is 2. The smallest absolute Gasteiger partial charge is 0.406 e. The predicted molar refractivity (Wildman–Crippen MR) is 106 cm³/mol. The standard InChI is InChI=1S/C19H29F3N4O3/c1-6-23-18(24-12-17(27)26(3)13-19(20,21)22)25(2)10-9-14-7-8-15(28-4)16(11-14)29-5/h7-8,11H,6,9-10,12-13H2,1-5H3,(H,23,24). The summed E-state index contributed by atoms with van der Waals surface area (Å²) in [7, 11) is 6.04. The molecule has 10 heteroatoms. The van der Waals surface area contributed by atoms with Crippen LogP contribution in [0, 0.1) is 0 Å². The average molecular weight is 418 g/mol. The van der Waals surface area contributed by atoms with E-state index in [1.54, 1.807) is 21.3 Å². The number of nitrogens with one attached hydrogen (secondary N) is 1. The maximum absolute atomic E-state index is 12.4.